The maximum Gasteiger partial charge on any atom is 0.550 e. The van der Waals surface area contributed by atoms with Gasteiger partial charge in [-0.1, -0.05) is 84.2 Å². The molecule has 0 spiro atoms. The van der Waals surface area contributed by atoms with E-state index in [9.17, 15) is 34.8 Å². The van der Waals surface area contributed by atoms with Crippen molar-refractivity contribution >= 4 is 50.6 Å². The molecule has 2 aromatic rings. The fourth-order valence-electron chi connectivity index (χ4n) is 7.36. The molecule has 0 N–H and O–H groups in total. The quantitative estimate of drug-likeness (QED) is 0.0267. The summed E-state index contributed by atoms with van der Waals surface area (Å²) in [6.45, 7) is 13.4. The van der Waals surface area contributed by atoms with Gasteiger partial charge in [0.05, 0.1) is 22.4 Å². The molecule has 0 radical (unpaired) electrons. The SMILES string of the molecule is CCCCCCCN1C(=CC=C(Cl)C=CC2=[N+](CCCCCCC)c3ccc(SOOC(F)(F)F)cc3C2(C)C)C(C)(C)c2cc(S(=O)(=O)C(F)(F)F)ccc21. The molecule has 56 heavy (non-hydrogen) atoms. The number of allylic oxidation sites excluding steroid dienone is 6. The normalized spacial score (nSPS) is 17.8. The summed E-state index contributed by atoms with van der Waals surface area (Å²) in [5.74, 6) is 0. The van der Waals surface area contributed by atoms with E-state index in [1.807, 2.05) is 50.8 Å². The summed E-state index contributed by atoms with van der Waals surface area (Å²) in [4.78, 5) is 5.19. The van der Waals surface area contributed by atoms with Crippen molar-refractivity contribution in [3.8, 4) is 0 Å². The van der Waals surface area contributed by atoms with Crippen molar-refractivity contribution in [1.29, 1.82) is 0 Å². The number of hydrogen-bond acceptors (Lipinski definition) is 6. The van der Waals surface area contributed by atoms with Gasteiger partial charge in [-0.3, -0.25) is 0 Å². The predicted molar refractivity (Wildman–Crippen MR) is 212 cm³/mol. The van der Waals surface area contributed by atoms with Crippen LogP contribution in [0.25, 0.3) is 0 Å². The molecule has 0 amide bonds. The molecule has 0 unspecified atom stereocenters. The largest absolute Gasteiger partial charge is 0.550 e. The van der Waals surface area contributed by atoms with E-state index in [0.29, 0.717) is 39.8 Å². The zero-order chi connectivity index (χ0) is 41.5. The molecule has 2 heterocycles. The Bertz CT molecular complexity index is 1940. The molecule has 4 rings (SSSR count). The molecule has 2 aliphatic rings. The molecule has 0 atom stereocenters. The van der Waals surface area contributed by atoms with Crippen LogP contribution in [0.2, 0.25) is 0 Å². The average Bonchev–Trinajstić information content (AvgIpc) is 3.45. The van der Waals surface area contributed by atoms with Crippen LogP contribution in [-0.2, 0) is 29.9 Å². The Morgan fingerprint density at radius 2 is 1.50 bits per heavy atom. The fraction of sp³-hybridized carbons (Fsp3) is 0.537. The van der Waals surface area contributed by atoms with Crippen LogP contribution in [0, 0.1) is 0 Å². The van der Waals surface area contributed by atoms with Gasteiger partial charge in [0.15, 0.2) is 5.71 Å². The van der Waals surface area contributed by atoms with Gasteiger partial charge < -0.3 is 4.90 Å². The van der Waals surface area contributed by atoms with Gasteiger partial charge in [-0.15, -0.1) is 18.1 Å². The second kappa shape index (κ2) is 18.9. The number of alkyl halides is 6. The lowest BCUT2D eigenvalue weighted by Gasteiger charge is -2.27. The summed E-state index contributed by atoms with van der Waals surface area (Å²) >= 11 is 7.35. The molecular formula is C41H52ClF6N2O4S2+. The smallest absolute Gasteiger partial charge is 0.344 e. The zero-order valence-corrected chi connectivity index (χ0v) is 35.1. The first-order valence-electron chi connectivity index (χ1n) is 19.0. The third-order valence-corrected chi connectivity index (χ3v) is 12.7. The maximum atomic E-state index is 13.5. The second-order valence-corrected chi connectivity index (χ2v) is 18.3. The van der Waals surface area contributed by atoms with Crippen molar-refractivity contribution in [3.63, 3.8) is 0 Å². The molecule has 0 bridgehead atoms. The standard InChI is InChI=1S/C41H52ClF6N2O4S2/c1-7-9-11-13-15-25-49-34-21-19-30(55-54-53-40(43,44)45)27-32(34)38(3,4)36(49)23-17-29(42)18-24-37-39(5,6)33-28-31(56(51,52)41(46,47)48)20-22-35(33)50(37)26-16-14-12-10-8-2/h17-24,27-28H,7-16,25-26H2,1-6H3/q+1. The van der Waals surface area contributed by atoms with Crippen molar-refractivity contribution < 1.29 is 48.6 Å². The number of nitrogens with zero attached hydrogens (tertiary/aromatic N) is 2. The van der Waals surface area contributed by atoms with Gasteiger partial charge in [0.25, 0.3) is 9.84 Å². The van der Waals surface area contributed by atoms with E-state index in [1.165, 1.54) is 6.07 Å². The summed E-state index contributed by atoms with van der Waals surface area (Å²) < 4.78 is 110. The van der Waals surface area contributed by atoms with Crippen LogP contribution in [0.4, 0.5) is 37.7 Å². The number of unbranched alkanes of at least 4 members (excludes halogenated alkanes) is 8. The van der Waals surface area contributed by atoms with Gasteiger partial charge in [-0.25, -0.2) is 8.42 Å². The van der Waals surface area contributed by atoms with Gasteiger partial charge in [-0.05, 0) is 80.8 Å². The lowest BCUT2D eigenvalue weighted by atomic mass is 9.81. The minimum absolute atomic E-state index is 0.378. The lowest BCUT2D eigenvalue weighted by molar-refractivity contribution is -0.440. The Morgan fingerprint density at radius 3 is 2.12 bits per heavy atom. The summed E-state index contributed by atoms with van der Waals surface area (Å²) in [5.41, 5.74) is -2.16. The highest BCUT2D eigenvalue weighted by atomic mass is 35.5. The topological polar surface area (TPSA) is 58.9 Å². The summed E-state index contributed by atoms with van der Waals surface area (Å²) in [6.07, 6.45) is 12.7. The molecule has 6 nitrogen and oxygen atoms in total. The van der Waals surface area contributed by atoms with Crippen molar-refractivity contribution in [2.75, 3.05) is 18.0 Å². The Labute approximate surface area is 336 Å². The Balaban J connectivity index is 1.69. The number of halogens is 7. The van der Waals surface area contributed by atoms with Gasteiger partial charge in [0.2, 0.25) is 5.69 Å². The van der Waals surface area contributed by atoms with Crippen LogP contribution in [0.15, 0.2) is 81.2 Å². The Hall–Kier alpha value is -2.78. The van der Waals surface area contributed by atoms with Crippen molar-refractivity contribution in [2.24, 2.45) is 0 Å². The first-order valence-corrected chi connectivity index (χ1v) is 21.6. The van der Waals surface area contributed by atoms with Crippen LogP contribution < -0.4 is 4.90 Å². The highest BCUT2D eigenvalue weighted by Crippen LogP contribution is 2.49. The molecule has 0 fully saturated rings. The molecule has 2 aliphatic heterocycles. The van der Waals surface area contributed by atoms with Gasteiger partial charge in [0.1, 0.15) is 6.54 Å². The molecule has 0 aliphatic carbocycles. The van der Waals surface area contributed by atoms with E-state index in [2.05, 4.69) is 27.6 Å². The van der Waals surface area contributed by atoms with E-state index >= 15 is 0 Å². The minimum Gasteiger partial charge on any atom is -0.344 e. The molecule has 15 heteroatoms. The van der Waals surface area contributed by atoms with E-state index in [-0.39, 0.29) is 0 Å². The summed E-state index contributed by atoms with van der Waals surface area (Å²) in [6, 6.07) is 8.98. The molecule has 0 aromatic heterocycles. The number of benzene rings is 2. The minimum atomic E-state index is -5.55. The zero-order valence-electron chi connectivity index (χ0n) is 32.7. The molecule has 0 saturated heterocycles. The number of hydrogen-bond donors (Lipinski definition) is 0. The number of anilines is 1. The van der Waals surface area contributed by atoms with Crippen molar-refractivity contribution in [2.45, 2.75) is 138 Å². The van der Waals surface area contributed by atoms with Crippen LogP contribution in [-0.4, -0.2) is 43.7 Å². The van der Waals surface area contributed by atoms with Crippen molar-refractivity contribution in [3.05, 3.63) is 82.6 Å². The molecule has 0 saturated carbocycles. The van der Waals surface area contributed by atoms with Crippen LogP contribution in [0.1, 0.15) is 117 Å². The molecule has 2 aromatic carbocycles. The van der Waals surface area contributed by atoms with Gasteiger partial charge in [0, 0.05) is 57.4 Å². The summed E-state index contributed by atoms with van der Waals surface area (Å²) in [7, 11) is -5.55. The third kappa shape index (κ3) is 10.8. The average molecular weight is 850 g/mol. The maximum absolute atomic E-state index is 13.5. The Kier molecular flexibility index (Phi) is 15.5. The van der Waals surface area contributed by atoms with Gasteiger partial charge >= 0.3 is 11.9 Å². The van der Waals surface area contributed by atoms with Crippen LogP contribution >= 0.6 is 23.6 Å². The predicted octanol–water partition coefficient (Wildman–Crippen LogP) is 13.1. The fourth-order valence-corrected chi connectivity index (χ4v) is 8.75. The Morgan fingerprint density at radius 1 is 0.857 bits per heavy atom. The lowest BCUT2D eigenvalue weighted by Crippen LogP contribution is -2.28. The first kappa shape index (κ1) is 45.9. The number of fused-ring (bicyclic) bond motifs is 2. The van der Waals surface area contributed by atoms with E-state index < -0.39 is 37.4 Å². The number of sulfone groups is 1. The van der Waals surface area contributed by atoms with Crippen LogP contribution in [0.5, 0.6) is 0 Å². The monoisotopic (exact) mass is 849 g/mol. The van der Waals surface area contributed by atoms with E-state index in [0.717, 1.165) is 106 Å². The van der Waals surface area contributed by atoms with E-state index in [1.54, 1.807) is 24.3 Å². The van der Waals surface area contributed by atoms with Crippen LogP contribution in [0.3, 0.4) is 0 Å². The highest BCUT2D eigenvalue weighted by molar-refractivity contribution is 7.94. The first-order chi connectivity index (χ1) is 26.2. The molecule has 310 valence electrons. The molecular weight excluding hydrogens is 798 g/mol. The highest BCUT2D eigenvalue weighted by Gasteiger charge is 2.49. The second-order valence-electron chi connectivity index (χ2n) is 15.2. The third-order valence-electron chi connectivity index (χ3n) is 10.4. The van der Waals surface area contributed by atoms with E-state index in [4.69, 9.17) is 11.6 Å². The number of rotatable bonds is 19. The van der Waals surface area contributed by atoms with Gasteiger partial charge in [-0.2, -0.15) is 22.1 Å². The summed E-state index contributed by atoms with van der Waals surface area (Å²) in [5, 5.41) is 0.378. The van der Waals surface area contributed by atoms with Crippen molar-refractivity contribution in [1.82, 2.24) is 0 Å².